The molecular weight excluding hydrogens is 258 g/mol. The summed E-state index contributed by atoms with van der Waals surface area (Å²) >= 11 is 3.48. The van der Waals surface area contributed by atoms with Crippen LogP contribution >= 0.6 is 15.9 Å². The molecule has 0 atom stereocenters. The number of aryl methyl sites for hydroxylation is 2. The number of carbonyl (C=O) groups is 1. The van der Waals surface area contributed by atoms with E-state index in [2.05, 4.69) is 15.9 Å². The van der Waals surface area contributed by atoms with E-state index in [-0.39, 0.29) is 12.5 Å². The zero-order chi connectivity index (χ0) is 11.2. The van der Waals surface area contributed by atoms with Crippen LogP contribution in [0.25, 0.3) is 0 Å². The van der Waals surface area contributed by atoms with E-state index < -0.39 is 0 Å². The first-order valence-corrected chi connectivity index (χ1v) is 5.50. The summed E-state index contributed by atoms with van der Waals surface area (Å²) in [6, 6.07) is 2.04. The van der Waals surface area contributed by atoms with Gasteiger partial charge in [-0.15, -0.1) is 0 Å². The van der Waals surface area contributed by atoms with Gasteiger partial charge in [0, 0.05) is 7.05 Å². The van der Waals surface area contributed by atoms with Crippen LogP contribution in [0.2, 0.25) is 0 Å². The summed E-state index contributed by atoms with van der Waals surface area (Å²) in [5, 5.41) is 0. The van der Waals surface area contributed by atoms with E-state index in [1.54, 1.807) is 11.9 Å². The van der Waals surface area contributed by atoms with Crippen LogP contribution in [0.15, 0.2) is 10.5 Å². The van der Waals surface area contributed by atoms with Crippen molar-refractivity contribution < 1.29 is 9.53 Å². The quantitative estimate of drug-likeness (QED) is 0.724. The van der Waals surface area contributed by atoms with E-state index >= 15 is 0 Å². The molecule has 80 valence electrons. The van der Waals surface area contributed by atoms with Crippen LogP contribution < -0.4 is 9.64 Å². The zero-order valence-corrected chi connectivity index (χ0v) is 10.5. The summed E-state index contributed by atoms with van der Waals surface area (Å²) in [7, 11) is 1.78. The van der Waals surface area contributed by atoms with E-state index in [0.29, 0.717) is 0 Å². The summed E-state index contributed by atoms with van der Waals surface area (Å²) in [6.45, 7) is 4.11. The van der Waals surface area contributed by atoms with E-state index in [1.807, 2.05) is 19.9 Å². The molecule has 2 rings (SSSR count). The molecule has 0 aromatic heterocycles. The van der Waals surface area contributed by atoms with Crippen LogP contribution in [0.4, 0.5) is 5.69 Å². The smallest absolute Gasteiger partial charge is 0.264 e. The first-order valence-electron chi connectivity index (χ1n) is 4.71. The average molecular weight is 270 g/mol. The van der Waals surface area contributed by atoms with Gasteiger partial charge in [0.2, 0.25) is 0 Å². The van der Waals surface area contributed by atoms with Crippen molar-refractivity contribution in [2.45, 2.75) is 13.8 Å². The third-order valence-electron chi connectivity index (χ3n) is 2.62. The highest BCUT2D eigenvalue weighted by molar-refractivity contribution is 9.10. The van der Waals surface area contributed by atoms with Crippen molar-refractivity contribution in [2.24, 2.45) is 0 Å². The minimum absolute atomic E-state index is 0.0126. The fourth-order valence-electron chi connectivity index (χ4n) is 1.82. The minimum atomic E-state index is -0.0126. The average Bonchev–Trinajstić information content (AvgIpc) is 2.18. The lowest BCUT2D eigenvalue weighted by Gasteiger charge is -2.29. The Balaban J connectivity index is 2.69. The predicted molar refractivity (Wildman–Crippen MR) is 62.5 cm³/mol. The third-order valence-corrected chi connectivity index (χ3v) is 3.60. The van der Waals surface area contributed by atoms with Gasteiger partial charge in [0.1, 0.15) is 0 Å². The minimum Gasteiger partial charge on any atom is -0.480 e. The number of ether oxygens (including phenoxy) is 1. The second-order valence-corrected chi connectivity index (χ2v) is 4.54. The lowest BCUT2D eigenvalue weighted by atomic mass is 10.1. The van der Waals surface area contributed by atoms with Crippen molar-refractivity contribution in [1.29, 1.82) is 0 Å². The van der Waals surface area contributed by atoms with E-state index in [1.165, 1.54) is 0 Å². The SMILES string of the molecule is Cc1cc(C)c2c(c1Br)OCC(=O)N2C. The highest BCUT2D eigenvalue weighted by Gasteiger charge is 2.26. The summed E-state index contributed by atoms with van der Waals surface area (Å²) < 4.78 is 6.39. The predicted octanol–water partition coefficient (Wildman–Crippen LogP) is 2.42. The van der Waals surface area contributed by atoms with Gasteiger partial charge in [-0.3, -0.25) is 4.79 Å². The summed E-state index contributed by atoms with van der Waals surface area (Å²) in [4.78, 5) is 13.1. The summed E-state index contributed by atoms with van der Waals surface area (Å²) in [5.41, 5.74) is 3.04. The molecule has 0 saturated carbocycles. The Labute approximate surface area is 97.2 Å². The van der Waals surface area contributed by atoms with Crippen molar-refractivity contribution >= 4 is 27.5 Å². The van der Waals surface area contributed by atoms with Crippen molar-refractivity contribution in [3.8, 4) is 5.75 Å². The van der Waals surface area contributed by atoms with Crippen LogP contribution in [0.5, 0.6) is 5.75 Å². The van der Waals surface area contributed by atoms with E-state index in [4.69, 9.17) is 4.74 Å². The Morgan fingerprint density at radius 3 is 2.73 bits per heavy atom. The van der Waals surface area contributed by atoms with Gasteiger partial charge in [-0.25, -0.2) is 0 Å². The number of amides is 1. The molecule has 0 aliphatic carbocycles. The van der Waals surface area contributed by atoms with Gasteiger partial charge in [0.25, 0.3) is 5.91 Å². The molecule has 1 heterocycles. The van der Waals surface area contributed by atoms with Gasteiger partial charge in [-0.1, -0.05) is 6.07 Å². The van der Waals surface area contributed by atoms with Gasteiger partial charge in [0.05, 0.1) is 10.2 Å². The van der Waals surface area contributed by atoms with Gasteiger partial charge in [-0.2, -0.15) is 0 Å². The fraction of sp³-hybridized carbons (Fsp3) is 0.364. The molecule has 0 radical (unpaired) electrons. The number of benzene rings is 1. The number of carbonyl (C=O) groups excluding carboxylic acids is 1. The largest absolute Gasteiger partial charge is 0.480 e. The Morgan fingerprint density at radius 2 is 2.07 bits per heavy atom. The molecule has 3 nitrogen and oxygen atoms in total. The number of likely N-dealkylation sites (N-methyl/N-ethyl adjacent to an activating group) is 1. The molecule has 0 bridgehead atoms. The summed E-state index contributed by atoms with van der Waals surface area (Å²) in [5.74, 6) is 0.760. The van der Waals surface area contributed by atoms with Gasteiger partial charge in [0.15, 0.2) is 12.4 Å². The normalized spacial score (nSPS) is 14.9. The molecule has 1 amide bonds. The topological polar surface area (TPSA) is 29.5 Å². The molecule has 0 N–H and O–H groups in total. The Bertz CT molecular complexity index is 443. The molecule has 0 unspecified atom stereocenters. The highest BCUT2D eigenvalue weighted by Crippen LogP contribution is 2.42. The molecule has 15 heavy (non-hydrogen) atoms. The number of anilines is 1. The standard InChI is InChI=1S/C11H12BrNO2/c1-6-4-7(2)10-11(9(6)12)15-5-8(14)13(10)3/h4H,5H2,1-3H3. The molecule has 4 heteroatoms. The van der Waals surface area contributed by atoms with Gasteiger partial charge >= 0.3 is 0 Å². The Kier molecular flexibility index (Phi) is 2.46. The van der Waals surface area contributed by atoms with Crippen LogP contribution in [0, 0.1) is 13.8 Å². The van der Waals surface area contributed by atoms with Crippen LogP contribution in [-0.4, -0.2) is 19.6 Å². The first-order chi connectivity index (χ1) is 7.02. The number of rotatable bonds is 0. The maximum absolute atomic E-state index is 11.5. The Morgan fingerprint density at radius 1 is 1.40 bits per heavy atom. The summed E-state index contributed by atoms with van der Waals surface area (Å²) in [6.07, 6.45) is 0. The number of fused-ring (bicyclic) bond motifs is 1. The van der Waals surface area contributed by atoms with Crippen LogP contribution in [0.1, 0.15) is 11.1 Å². The van der Waals surface area contributed by atoms with Crippen molar-refractivity contribution in [3.63, 3.8) is 0 Å². The van der Waals surface area contributed by atoms with Crippen molar-refractivity contribution in [2.75, 3.05) is 18.6 Å². The monoisotopic (exact) mass is 269 g/mol. The molecule has 1 aromatic rings. The van der Waals surface area contributed by atoms with Crippen LogP contribution in [-0.2, 0) is 4.79 Å². The second-order valence-electron chi connectivity index (χ2n) is 3.74. The lowest BCUT2D eigenvalue weighted by molar-refractivity contribution is -0.121. The maximum Gasteiger partial charge on any atom is 0.264 e. The number of hydrogen-bond donors (Lipinski definition) is 0. The molecule has 0 spiro atoms. The van der Waals surface area contributed by atoms with Crippen molar-refractivity contribution in [3.05, 3.63) is 21.7 Å². The number of hydrogen-bond acceptors (Lipinski definition) is 2. The first kappa shape index (κ1) is 10.5. The molecule has 1 aromatic carbocycles. The van der Waals surface area contributed by atoms with E-state index in [0.717, 1.165) is 27.0 Å². The fourth-order valence-corrected chi connectivity index (χ4v) is 2.24. The number of halogens is 1. The molecule has 0 saturated heterocycles. The highest BCUT2D eigenvalue weighted by atomic mass is 79.9. The molecule has 0 fully saturated rings. The van der Waals surface area contributed by atoms with E-state index in [9.17, 15) is 4.79 Å². The third kappa shape index (κ3) is 1.53. The van der Waals surface area contributed by atoms with Crippen LogP contribution in [0.3, 0.4) is 0 Å². The maximum atomic E-state index is 11.5. The lowest BCUT2D eigenvalue weighted by Crippen LogP contribution is -2.36. The number of nitrogens with zero attached hydrogens (tertiary/aromatic N) is 1. The molecule has 1 aliphatic heterocycles. The molecular formula is C11H12BrNO2. The second kappa shape index (κ2) is 3.52. The Hall–Kier alpha value is -1.03. The van der Waals surface area contributed by atoms with Gasteiger partial charge in [-0.05, 0) is 40.9 Å². The molecule has 1 aliphatic rings. The zero-order valence-electron chi connectivity index (χ0n) is 8.93. The van der Waals surface area contributed by atoms with Gasteiger partial charge < -0.3 is 9.64 Å². The van der Waals surface area contributed by atoms with Crippen molar-refractivity contribution in [1.82, 2.24) is 0 Å².